The van der Waals surface area contributed by atoms with E-state index in [0.717, 1.165) is 25.7 Å². The monoisotopic (exact) mass is 241 g/mol. The molecule has 0 heterocycles. The van der Waals surface area contributed by atoms with Crippen LogP contribution in [0.1, 0.15) is 39.5 Å². The van der Waals surface area contributed by atoms with E-state index in [0.29, 0.717) is 0 Å². The molecule has 2 amide bonds. The van der Waals surface area contributed by atoms with Crippen molar-refractivity contribution in [1.29, 1.82) is 0 Å². The molecule has 0 bridgehead atoms. The molecule has 1 fully saturated rings. The average Bonchev–Trinajstić information content (AvgIpc) is 2.77. The van der Waals surface area contributed by atoms with Crippen molar-refractivity contribution >= 4 is 11.8 Å². The van der Waals surface area contributed by atoms with Gasteiger partial charge >= 0.3 is 0 Å². The molecule has 0 aliphatic heterocycles. The van der Waals surface area contributed by atoms with E-state index in [1.165, 1.54) is 0 Å². The van der Waals surface area contributed by atoms with Crippen molar-refractivity contribution < 1.29 is 9.59 Å². The van der Waals surface area contributed by atoms with Gasteiger partial charge in [0.15, 0.2) is 0 Å². The molecule has 1 saturated carbocycles. The van der Waals surface area contributed by atoms with E-state index < -0.39 is 11.3 Å². The minimum Gasteiger partial charge on any atom is -0.368 e. The summed E-state index contributed by atoms with van der Waals surface area (Å²) >= 11 is 0. The van der Waals surface area contributed by atoms with Crippen LogP contribution in [-0.2, 0) is 9.59 Å². The minimum atomic E-state index is -0.627. The first kappa shape index (κ1) is 14.0. The van der Waals surface area contributed by atoms with Crippen LogP contribution < -0.4 is 11.5 Å². The summed E-state index contributed by atoms with van der Waals surface area (Å²) in [5.74, 6) is -0.524. The van der Waals surface area contributed by atoms with Crippen LogP contribution >= 0.6 is 0 Å². The van der Waals surface area contributed by atoms with Gasteiger partial charge in [-0.05, 0) is 26.7 Å². The minimum absolute atomic E-state index is 0.00687. The third-order valence-corrected chi connectivity index (χ3v) is 3.44. The predicted molar refractivity (Wildman–Crippen MR) is 66.0 cm³/mol. The summed E-state index contributed by atoms with van der Waals surface area (Å²) in [7, 11) is 0. The average molecular weight is 241 g/mol. The number of hydrogen-bond donors (Lipinski definition) is 2. The fourth-order valence-electron chi connectivity index (χ4n) is 2.23. The molecule has 17 heavy (non-hydrogen) atoms. The molecule has 5 heteroatoms. The van der Waals surface area contributed by atoms with Crippen LogP contribution in [0.3, 0.4) is 0 Å². The normalized spacial score (nSPS) is 17.1. The number of nitrogens with two attached hydrogens (primary N) is 2. The van der Waals surface area contributed by atoms with Crippen molar-refractivity contribution in [3.63, 3.8) is 0 Å². The van der Waals surface area contributed by atoms with Crippen LogP contribution in [0.5, 0.6) is 0 Å². The molecular formula is C12H23N3O2. The first-order valence-electron chi connectivity index (χ1n) is 6.18. The van der Waals surface area contributed by atoms with Crippen molar-refractivity contribution in [2.75, 3.05) is 13.1 Å². The van der Waals surface area contributed by atoms with E-state index in [2.05, 4.69) is 0 Å². The third kappa shape index (κ3) is 3.43. The van der Waals surface area contributed by atoms with Crippen molar-refractivity contribution in [2.45, 2.75) is 45.6 Å². The number of amides is 2. The molecule has 5 nitrogen and oxygen atoms in total. The molecule has 0 aromatic rings. The van der Waals surface area contributed by atoms with Gasteiger partial charge in [0.05, 0.1) is 12.0 Å². The maximum absolute atomic E-state index is 12.4. The van der Waals surface area contributed by atoms with Gasteiger partial charge in [-0.3, -0.25) is 9.59 Å². The predicted octanol–water partition coefficient (Wildman–Crippen LogP) is 0.228. The number of carbonyl (C=O) groups is 2. The van der Waals surface area contributed by atoms with Crippen LogP contribution in [0, 0.1) is 5.41 Å². The summed E-state index contributed by atoms with van der Waals surface area (Å²) < 4.78 is 0. The van der Waals surface area contributed by atoms with E-state index in [9.17, 15) is 9.59 Å². The Balaban J connectivity index is 2.81. The Hall–Kier alpha value is -1.10. The zero-order chi connectivity index (χ0) is 13.1. The first-order valence-corrected chi connectivity index (χ1v) is 6.18. The van der Waals surface area contributed by atoms with Gasteiger partial charge in [-0.25, -0.2) is 0 Å². The number of primary amides is 1. The largest absolute Gasteiger partial charge is 0.368 e. The molecule has 0 atom stereocenters. The van der Waals surface area contributed by atoms with Crippen LogP contribution in [0.15, 0.2) is 0 Å². The lowest BCUT2D eigenvalue weighted by Crippen LogP contribution is -2.51. The Morgan fingerprint density at radius 2 is 1.82 bits per heavy atom. The fraction of sp³-hybridized carbons (Fsp3) is 0.833. The van der Waals surface area contributed by atoms with Crippen molar-refractivity contribution in [1.82, 2.24) is 4.90 Å². The standard InChI is InChI=1S/C12H23N3O2/c1-12(2,8-13)11(17)15(7-10(14)16)9-5-3-4-6-9/h9H,3-8,13H2,1-2H3,(H2,14,16). The van der Waals surface area contributed by atoms with E-state index in [1.807, 2.05) is 0 Å². The number of carbonyl (C=O) groups excluding carboxylic acids is 2. The lowest BCUT2D eigenvalue weighted by atomic mass is 9.91. The molecule has 0 radical (unpaired) electrons. The summed E-state index contributed by atoms with van der Waals surface area (Å²) in [6.45, 7) is 3.89. The Morgan fingerprint density at radius 1 is 1.29 bits per heavy atom. The van der Waals surface area contributed by atoms with Crippen LogP contribution in [0.2, 0.25) is 0 Å². The van der Waals surface area contributed by atoms with Crippen molar-refractivity contribution in [3.05, 3.63) is 0 Å². The first-order chi connectivity index (χ1) is 7.88. The summed E-state index contributed by atoms with van der Waals surface area (Å²) in [6.07, 6.45) is 4.13. The summed E-state index contributed by atoms with van der Waals surface area (Å²) in [4.78, 5) is 25.1. The van der Waals surface area contributed by atoms with Crippen LogP contribution in [0.25, 0.3) is 0 Å². The van der Waals surface area contributed by atoms with Gasteiger partial charge in [-0.15, -0.1) is 0 Å². The SMILES string of the molecule is CC(C)(CN)C(=O)N(CC(N)=O)C1CCCC1. The summed E-state index contributed by atoms with van der Waals surface area (Å²) in [5.41, 5.74) is 10.2. The highest BCUT2D eigenvalue weighted by Crippen LogP contribution is 2.27. The Morgan fingerprint density at radius 3 is 2.24 bits per heavy atom. The second kappa shape index (κ2) is 5.49. The van der Waals surface area contributed by atoms with Crippen LogP contribution in [-0.4, -0.2) is 35.8 Å². The number of hydrogen-bond acceptors (Lipinski definition) is 3. The smallest absolute Gasteiger partial charge is 0.237 e. The zero-order valence-electron chi connectivity index (χ0n) is 10.7. The van der Waals surface area contributed by atoms with Gasteiger partial charge < -0.3 is 16.4 Å². The molecule has 0 saturated heterocycles. The van der Waals surface area contributed by atoms with E-state index in [-0.39, 0.29) is 25.0 Å². The summed E-state index contributed by atoms with van der Waals surface area (Å²) in [5, 5.41) is 0. The highest BCUT2D eigenvalue weighted by atomic mass is 16.2. The molecule has 98 valence electrons. The maximum atomic E-state index is 12.4. The molecule has 4 N–H and O–H groups in total. The molecule has 0 aromatic heterocycles. The lowest BCUT2D eigenvalue weighted by molar-refractivity contribution is -0.145. The fourth-order valence-corrected chi connectivity index (χ4v) is 2.23. The highest BCUT2D eigenvalue weighted by molar-refractivity contribution is 5.87. The quantitative estimate of drug-likeness (QED) is 0.722. The van der Waals surface area contributed by atoms with Crippen LogP contribution in [0.4, 0.5) is 0 Å². The van der Waals surface area contributed by atoms with E-state index >= 15 is 0 Å². The molecule has 0 spiro atoms. The molecule has 1 aliphatic rings. The Labute approximate surface area is 103 Å². The molecule has 0 aromatic carbocycles. The Kier molecular flexibility index (Phi) is 4.51. The maximum Gasteiger partial charge on any atom is 0.237 e. The van der Waals surface area contributed by atoms with Crippen molar-refractivity contribution in [2.24, 2.45) is 16.9 Å². The molecule has 1 rings (SSSR count). The van der Waals surface area contributed by atoms with Gasteiger partial charge in [0.2, 0.25) is 11.8 Å². The van der Waals surface area contributed by atoms with Gasteiger partial charge in [0.25, 0.3) is 0 Å². The van der Waals surface area contributed by atoms with Gasteiger partial charge in [-0.1, -0.05) is 12.8 Å². The second-order valence-electron chi connectivity index (χ2n) is 5.43. The zero-order valence-corrected chi connectivity index (χ0v) is 10.7. The lowest BCUT2D eigenvalue weighted by Gasteiger charge is -2.34. The number of rotatable bonds is 5. The van der Waals surface area contributed by atoms with Crippen molar-refractivity contribution in [3.8, 4) is 0 Å². The third-order valence-electron chi connectivity index (χ3n) is 3.44. The van der Waals surface area contributed by atoms with Gasteiger partial charge in [0, 0.05) is 12.6 Å². The summed E-state index contributed by atoms with van der Waals surface area (Å²) in [6, 6.07) is 0.154. The van der Waals surface area contributed by atoms with Gasteiger partial charge in [0.1, 0.15) is 0 Å². The van der Waals surface area contributed by atoms with E-state index in [1.54, 1.807) is 18.7 Å². The highest BCUT2D eigenvalue weighted by Gasteiger charge is 2.36. The Bertz CT molecular complexity index is 296. The molecule has 1 aliphatic carbocycles. The van der Waals surface area contributed by atoms with E-state index in [4.69, 9.17) is 11.5 Å². The second-order valence-corrected chi connectivity index (χ2v) is 5.43. The topological polar surface area (TPSA) is 89.4 Å². The van der Waals surface area contributed by atoms with Gasteiger partial charge in [-0.2, -0.15) is 0 Å². The molecule has 0 unspecified atom stereocenters. The number of nitrogens with zero attached hydrogens (tertiary/aromatic N) is 1. The molecular weight excluding hydrogens is 218 g/mol.